The summed E-state index contributed by atoms with van der Waals surface area (Å²) in [5, 5.41) is 3.32. The summed E-state index contributed by atoms with van der Waals surface area (Å²) in [5.74, 6) is 2.07. The second kappa shape index (κ2) is 8.66. The topological polar surface area (TPSA) is 43.0 Å². The van der Waals surface area contributed by atoms with Gasteiger partial charge in [-0.25, -0.2) is 0 Å². The van der Waals surface area contributed by atoms with Gasteiger partial charge < -0.3 is 24.4 Å². The molecule has 0 heterocycles. The molecule has 0 amide bonds. The lowest BCUT2D eigenvalue weighted by atomic mass is 10.1. The maximum atomic E-state index is 5.49. The smallest absolute Gasteiger partial charge is 0.203 e. The molecule has 0 radical (unpaired) electrons. The number of methoxy groups -OCH3 is 3. The van der Waals surface area contributed by atoms with Crippen molar-refractivity contribution in [1.82, 2.24) is 10.2 Å². The lowest BCUT2D eigenvalue weighted by molar-refractivity contribution is 0.300. The maximum absolute atomic E-state index is 5.49. The fourth-order valence-electron chi connectivity index (χ4n) is 2.10. The van der Waals surface area contributed by atoms with E-state index in [0.29, 0.717) is 11.5 Å². The molecule has 0 saturated carbocycles. The van der Waals surface area contributed by atoms with Gasteiger partial charge in [0.15, 0.2) is 11.5 Å². The van der Waals surface area contributed by atoms with Gasteiger partial charge >= 0.3 is 0 Å². The van der Waals surface area contributed by atoms with Crippen LogP contribution in [-0.2, 0) is 6.54 Å². The largest absolute Gasteiger partial charge is 0.493 e. The second-order valence-electron chi connectivity index (χ2n) is 4.58. The number of hydrogen-bond donors (Lipinski definition) is 1. The Morgan fingerprint density at radius 2 is 1.75 bits per heavy atom. The van der Waals surface area contributed by atoms with Crippen LogP contribution in [0.2, 0.25) is 0 Å². The van der Waals surface area contributed by atoms with Crippen LogP contribution in [0.25, 0.3) is 0 Å². The molecule has 0 unspecified atom stereocenters. The SMILES string of the molecule is CCNCCN(C)Cc1ccc(OC)c(OC)c1OC. The van der Waals surface area contributed by atoms with Gasteiger partial charge in [0.05, 0.1) is 21.3 Å². The van der Waals surface area contributed by atoms with Crippen LogP contribution in [0.4, 0.5) is 0 Å². The van der Waals surface area contributed by atoms with E-state index in [0.717, 1.165) is 37.5 Å². The summed E-state index contributed by atoms with van der Waals surface area (Å²) in [7, 11) is 6.99. The number of nitrogens with zero attached hydrogens (tertiary/aromatic N) is 1. The number of ether oxygens (including phenoxy) is 3. The maximum Gasteiger partial charge on any atom is 0.203 e. The Morgan fingerprint density at radius 3 is 2.30 bits per heavy atom. The Balaban J connectivity index is 2.84. The highest BCUT2D eigenvalue weighted by atomic mass is 16.5. The molecule has 0 aliphatic carbocycles. The van der Waals surface area contributed by atoms with Crippen molar-refractivity contribution < 1.29 is 14.2 Å². The minimum Gasteiger partial charge on any atom is -0.493 e. The van der Waals surface area contributed by atoms with E-state index in [2.05, 4.69) is 24.2 Å². The normalized spacial score (nSPS) is 10.7. The molecular formula is C15H26N2O3. The molecule has 1 rings (SSSR count). The zero-order valence-corrected chi connectivity index (χ0v) is 13.2. The predicted octanol–water partition coefficient (Wildman–Crippen LogP) is 1.75. The highest BCUT2D eigenvalue weighted by Crippen LogP contribution is 2.39. The van der Waals surface area contributed by atoms with E-state index in [1.54, 1.807) is 21.3 Å². The summed E-state index contributed by atoms with van der Waals surface area (Å²) in [4.78, 5) is 2.24. The summed E-state index contributed by atoms with van der Waals surface area (Å²) in [6.07, 6.45) is 0. The average Bonchev–Trinajstić information content (AvgIpc) is 2.46. The number of likely N-dealkylation sites (N-methyl/N-ethyl adjacent to an activating group) is 2. The zero-order valence-electron chi connectivity index (χ0n) is 13.2. The van der Waals surface area contributed by atoms with Crippen molar-refractivity contribution in [2.24, 2.45) is 0 Å². The van der Waals surface area contributed by atoms with Gasteiger partial charge in [0.25, 0.3) is 0 Å². The van der Waals surface area contributed by atoms with Crippen LogP contribution in [0.3, 0.4) is 0 Å². The first-order valence-electron chi connectivity index (χ1n) is 6.85. The van der Waals surface area contributed by atoms with Gasteiger partial charge in [-0.2, -0.15) is 0 Å². The van der Waals surface area contributed by atoms with Crippen LogP contribution < -0.4 is 19.5 Å². The Kier molecular flexibility index (Phi) is 7.18. The van der Waals surface area contributed by atoms with E-state index >= 15 is 0 Å². The van der Waals surface area contributed by atoms with Crippen LogP contribution in [0.1, 0.15) is 12.5 Å². The molecule has 0 saturated heterocycles. The molecule has 0 aromatic heterocycles. The molecule has 0 spiro atoms. The van der Waals surface area contributed by atoms with E-state index in [1.165, 1.54) is 0 Å². The number of rotatable bonds is 9. The molecule has 0 bridgehead atoms. The predicted molar refractivity (Wildman–Crippen MR) is 81.0 cm³/mol. The quantitative estimate of drug-likeness (QED) is 0.699. The van der Waals surface area contributed by atoms with Gasteiger partial charge in [-0.05, 0) is 19.7 Å². The van der Waals surface area contributed by atoms with Crippen LogP contribution in [-0.4, -0.2) is 52.9 Å². The van der Waals surface area contributed by atoms with E-state index in [-0.39, 0.29) is 0 Å². The molecular weight excluding hydrogens is 256 g/mol. The Morgan fingerprint density at radius 1 is 1.05 bits per heavy atom. The molecule has 114 valence electrons. The van der Waals surface area contributed by atoms with Crippen LogP contribution >= 0.6 is 0 Å². The number of nitrogens with one attached hydrogen (secondary N) is 1. The van der Waals surface area contributed by atoms with Crippen LogP contribution in [0.15, 0.2) is 12.1 Å². The van der Waals surface area contributed by atoms with Gasteiger partial charge in [0.2, 0.25) is 5.75 Å². The third kappa shape index (κ3) is 4.28. The van der Waals surface area contributed by atoms with E-state index in [9.17, 15) is 0 Å². The highest BCUT2D eigenvalue weighted by Gasteiger charge is 2.16. The number of hydrogen-bond acceptors (Lipinski definition) is 5. The first-order chi connectivity index (χ1) is 9.67. The third-order valence-electron chi connectivity index (χ3n) is 3.15. The fraction of sp³-hybridized carbons (Fsp3) is 0.600. The minimum absolute atomic E-state index is 0.646. The van der Waals surface area contributed by atoms with Crippen molar-refractivity contribution >= 4 is 0 Å². The Labute approximate surface area is 121 Å². The van der Waals surface area contributed by atoms with Gasteiger partial charge in [0.1, 0.15) is 0 Å². The highest BCUT2D eigenvalue weighted by molar-refractivity contribution is 5.55. The number of benzene rings is 1. The fourth-order valence-corrected chi connectivity index (χ4v) is 2.10. The van der Waals surface area contributed by atoms with Gasteiger partial charge in [-0.15, -0.1) is 0 Å². The molecule has 1 aromatic rings. The summed E-state index contributed by atoms with van der Waals surface area (Å²) in [5.41, 5.74) is 1.09. The monoisotopic (exact) mass is 282 g/mol. The molecule has 0 aliphatic rings. The van der Waals surface area contributed by atoms with Crippen LogP contribution in [0.5, 0.6) is 17.2 Å². The molecule has 0 atom stereocenters. The Hall–Kier alpha value is -1.46. The van der Waals surface area contributed by atoms with Crippen molar-refractivity contribution in [3.8, 4) is 17.2 Å². The van der Waals surface area contributed by atoms with E-state index < -0.39 is 0 Å². The second-order valence-corrected chi connectivity index (χ2v) is 4.58. The summed E-state index contributed by atoms with van der Waals surface area (Å²) in [6, 6.07) is 3.93. The van der Waals surface area contributed by atoms with Crippen molar-refractivity contribution in [3.63, 3.8) is 0 Å². The van der Waals surface area contributed by atoms with Gasteiger partial charge in [-0.3, -0.25) is 0 Å². The molecule has 0 fully saturated rings. The summed E-state index contributed by atoms with van der Waals surface area (Å²) < 4.78 is 16.2. The molecule has 0 aliphatic heterocycles. The lowest BCUT2D eigenvalue weighted by Crippen LogP contribution is -2.28. The standard InChI is InChI=1S/C15H26N2O3/c1-6-16-9-10-17(2)11-12-7-8-13(18-3)15(20-5)14(12)19-4/h7-8,16H,6,9-11H2,1-5H3. The summed E-state index contributed by atoms with van der Waals surface area (Å²) >= 11 is 0. The van der Waals surface area contributed by atoms with Gasteiger partial charge in [-0.1, -0.05) is 13.0 Å². The first-order valence-corrected chi connectivity index (χ1v) is 6.85. The van der Waals surface area contributed by atoms with Crippen molar-refractivity contribution in [1.29, 1.82) is 0 Å². The van der Waals surface area contributed by atoms with E-state index in [4.69, 9.17) is 14.2 Å². The molecule has 1 N–H and O–H groups in total. The average molecular weight is 282 g/mol. The Bertz CT molecular complexity index is 410. The molecule has 5 heteroatoms. The molecule has 20 heavy (non-hydrogen) atoms. The van der Waals surface area contributed by atoms with Gasteiger partial charge in [0, 0.05) is 25.2 Å². The zero-order chi connectivity index (χ0) is 15.0. The molecule has 1 aromatic carbocycles. The lowest BCUT2D eigenvalue weighted by Gasteiger charge is -2.20. The van der Waals surface area contributed by atoms with Crippen LogP contribution in [0, 0.1) is 0 Å². The third-order valence-corrected chi connectivity index (χ3v) is 3.15. The van der Waals surface area contributed by atoms with Crippen molar-refractivity contribution in [2.75, 3.05) is 48.0 Å². The van der Waals surface area contributed by atoms with Crippen molar-refractivity contribution in [3.05, 3.63) is 17.7 Å². The summed E-state index contributed by atoms with van der Waals surface area (Å²) in [6.45, 7) is 5.85. The minimum atomic E-state index is 0.646. The van der Waals surface area contributed by atoms with Crippen molar-refractivity contribution in [2.45, 2.75) is 13.5 Å². The van der Waals surface area contributed by atoms with E-state index in [1.807, 2.05) is 12.1 Å². The molecule has 5 nitrogen and oxygen atoms in total. The first kappa shape index (κ1) is 16.6.